The zero-order valence-corrected chi connectivity index (χ0v) is 13.9. The molecule has 0 heterocycles. The number of carbonyl (C=O) groups excluding carboxylic acids is 1. The van der Waals surface area contributed by atoms with Crippen molar-refractivity contribution in [2.75, 3.05) is 7.11 Å². The van der Waals surface area contributed by atoms with E-state index in [1.54, 1.807) is 6.07 Å². The number of benzene rings is 2. The Labute approximate surface area is 143 Å². The van der Waals surface area contributed by atoms with E-state index in [1.807, 2.05) is 0 Å². The molecular formula is C15H9BrClF3O3. The second kappa shape index (κ2) is 6.80. The van der Waals surface area contributed by atoms with Gasteiger partial charge in [0.2, 0.25) is 0 Å². The Balaban J connectivity index is 2.56. The van der Waals surface area contributed by atoms with Gasteiger partial charge in [-0.2, -0.15) is 0 Å². The molecule has 0 saturated heterocycles. The molecule has 0 aliphatic heterocycles. The van der Waals surface area contributed by atoms with Crippen molar-refractivity contribution < 1.29 is 27.4 Å². The maximum absolute atomic E-state index is 12.4. The molecular weight excluding hydrogens is 401 g/mol. The average molecular weight is 410 g/mol. The Morgan fingerprint density at radius 1 is 1.17 bits per heavy atom. The molecule has 0 unspecified atom stereocenters. The number of methoxy groups -OCH3 is 1. The Bertz CT molecular complexity index is 747. The highest BCUT2D eigenvalue weighted by Gasteiger charge is 2.31. The molecule has 8 heteroatoms. The number of alkyl halides is 3. The van der Waals surface area contributed by atoms with Gasteiger partial charge >= 0.3 is 12.3 Å². The van der Waals surface area contributed by atoms with Crippen molar-refractivity contribution in [1.82, 2.24) is 0 Å². The highest BCUT2D eigenvalue weighted by Crippen LogP contribution is 2.34. The van der Waals surface area contributed by atoms with Gasteiger partial charge in [0.1, 0.15) is 5.75 Å². The summed E-state index contributed by atoms with van der Waals surface area (Å²) in [6.07, 6.45) is -4.82. The maximum atomic E-state index is 12.4. The molecule has 0 radical (unpaired) electrons. The first-order chi connectivity index (χ1) is 10.7. The van der Waals surface area contributed by atoms with Crippen LogP contribution in [0.4, 0.5) is 13.2 Å². The van der Waals surface area contributed by atoms with Gasteiger partial charge in [0.25, 0.3) is 0 Å². The summed E-state index contributed by atoms with van der Waals surface area (Å²) in [5.74, 6) is -1.06. The van der Waals surface area contributed by atoms with Crippen LogP contribution in [-0.2, 0) is 4.74 Å². The lowest BCUT2D eigenvalue weighted by Gasteiger charge is -2.13. The van der Waals surface area contributed by atoms with Gasteiger partial charge in [-0.15, -0.1) is 13.2 Å². The summed E-state index contributed by atoms with van der Waals surface area (Å²) < 4.78 is 46.1. The minimum absolute atomic E-state index is 0.135. The summed E-state index contributed by atoms with van der Waals surface area (Å²) in [5, 5.41) is 0.302. The average Bonchev–Trinajstić information content (AvgIpc) is 2.43. The molecule has 2 rings (SSSR count). The topological polar surface area (TPSA) is 35.5 Å². The second-order valence-electron chi connectivity index (χ2n) is 4.40. The lowest BCUT2D eigenvalue weighted by molar-refractivity contribution is -0.274. The van der Waals surface area contributed by atoms with E-state index in [4.69, 9.17) is 11.6 Å². The van der Waals surface area contributed by atoms with E-state index in [-0.39, 0.29) is 5.56 Å². The lowest BCUT2D eigenvalue weighted by atomic mass is 9.99. The summed E-state index contributed by atoms with van der Waals surface area (Å²) in [7, 11) is 1.20. The predicted molar refractivity (Wildman–Crippen MR) is 82.6 cm³/mol. The third-order valence-corrected chi connectivity index (χ3v) is 3.50. The van der Waals surface area contributed by atoms with Gasteiger partial charge in [0, 0.05) is 9.50 Å². The molecule has 3 nitrogen and oxygen atoms in total. The van der Waals surface area contributed by atoms with E-state index in [1.165, 1.54) is 37.4 Å². The van der Waals surface area contributed by atoms with Gasteiger partial charge in [0.15, 0.2) is 0 Å². The van der Waals surface area contributed by atoms with Crippen molar-refractivity contribution in [2.24, 2.45) is 0 Å². The second-order valence-corrected chi connectivity index (χ2v) is 5.76. The maximum Gasteiger partial charge on any atom is 0.573 e. The van der Waals surface area contributed by atoms with Crippen molar-refractivity contribution >= 4 is 33.5 Å². The van der Waals surface area contributed by atoms with Gasteiger partial charge in [-0.3, -0.25) is 0 Å². The van der Waals surface area contributed by atoms with Crippen molar-refractivity contribution in [3.05, 3.63) is 51.5 Å². The van der Waals surface area contributed by atoms with E-state index < -0.39 is 18.1 Å². The number of hydrogen-bond donors (Lipinski definition) is 0. The predicted octanol–water partition coefficient (Wildman–Crippen LogP) is 5.45. The highest BCUT2D eigenvalue weighted by molar-refractivity contribution is 9.10. The van der Waals surface area contributed by atoms with E-state index in [2.05, 4.69) is 25.4 Å². The first-order valence-corrected chi connectivity index (χ1v) is 7.31. The third kappa shape index (κ3) is 4.62. The highest BCUT2D eigenvalue weighted by atomic mass is 79.9. The van der Waals surface area contributed by atoms with Crippen LogP contribution in [0.3, 0.4) is 0 Å². The van der Waals surface area contributed by atoms with E-state index in [0.29, 0.717) is 20.6 Å². The summed E-state index contributed by atoms with van der Waals surface area (Å²) in [6.45, 7) is 0. The fourth-order valence-electron chi connectivity index (χ4n) is 1.96. The Morgan fingerprint density at radius 3 is 2.48 bits per heavy atom. The van der Waals surface area contributed by atoms with Crippen molar-refractivity contribution in [3.8, 4) is 16.9 Å². The van der Waals surface area contributed by atoms with E-state index in [0.717, 1.165) is 0 Å². The SMILES string of the molecule is COC(=O)c1cc(Cl)ccc1-c1cc(Br)cc(OC(F)(F)F)c1. The van der Waals surface area contributed by atoms with Crippen molar-refractivity contribution in [2.45, 2.75) is 6.36 Å². The molecule has 0 bridgehead atoms. The van der Waals surface area contributed by atoms with Gasteiger partial charge in [-0.05, 0) is 41.5 Å². The van der Waals surface area contributed by atoms with Crippen LogP contribution in [0.15, 0.2) is 40.9 Å². The van der Waals surface area contributed by atoms with Crippen LogP contribution >= 0.6 is 27.5 Å². The smallest absolute Gasteiger partial charge is 0.465 e. The number of carbonyl (C=O) groups is 1. The third-order valence-electron chi connectivity index (χ3n) is 2.80. The fourth-order valence-corrected chi connectivity index (χ4v) is 2.60. The first-order valence-electron chi connectivity index (χ1n) is 6.14. The largest absolute Gasteiger partial charge is 0.573 e. The zero-order chi connectivity index (χ0) is 17.2. The van der Waals surface area contributed by atoms with Crippen LogP contribution in [-0.4, -0.2) is 19.4 Å². The number of halogens is 5. The van der Waals surface area contributed by atoms with Gasteiger partial charge in [-0.25, -0.2) is 4.79 Å². The Kier molecular flexibility index (Phi) is 5.21. The molecule has 0 aromatic heterocycles. The molecule has 0 atom stereocenters. The van der Waals surface area contributed by atoms with Crippen molar-refractivity contribution in [3.63, 3.8) is 0 Å². The minimum Gasteiger partial charge on any atom is -0.465 e. The molecule has 0 aliphatic rings. The minimum atomic E-state index is -4.82. The molecule has 0 spiro atoms. The molecule has 23 heavy (non-hydrogen) atoms. The van der Waals surface area contributed by atoms with Crippen LogP contribution in [0.5, 0.6) is 5.75 Å². The number of hydrogen-bond acceptors (Lipinski definition) is 3. The lowest BCUT2D eigenvalue weighted by Crippen LogP contribution is -2.17. The van der Waals surface area contributed by atoms with Crippen LogP contribution in [0.1, 0.15) is 10.4 Å². The Hall–Kier alpha value is -1.73. The van der Waals surface area contributed by atoms with Crippen LogP contribution in [0.2, 0.25) is 5.02 Å². The van der Waals surface area contributed by atoms with Gasteiger partial charge in [-0.1, -0.05) is 33.6 Å². The molecule has 2 aromatic rings. The normalized spacial score (nSPS) is 11.2. The van der Waals surface area contributed by atoms with Crippen LogP contribution in [0, 0.1) is 0 Å². The first kappa shape index (κ1) is 17.6. The van der Waals surface area contributed by atoms with E-state index >= 15 is 0 Å². The summed E-state index contributed by atoms with van der Waals surface area (Å²) in [5.41, 5.74) is 0.848. The monoisotopic (exact) mass is 408 g/mol. The number of rotatable bonds is 3. The molecule has 2 aromatic carbocycles. The zero-order valence-electron chi connectivity index (χ0n) is 11.6. The summed E-state index contributed by atoms with van der Waals surface area (Å²) >= 11 is 8.99. The van der Waals surface area contributed by atoms with Crippen molar-refractivity contribution in [1.29, 1.82) is 0 Å². The quantitative estimate of drug-likeness (QED) is 0.632. The van der Waals surface area contributed by atoms with Gasteiger partial charge < -0.3 is 9.47 Å². The number of ether oxygens (including phenoxy) is 2. The van der Waals surface area contributed by atoms with Crippen LogP contribution in [0.25, 0.3) is 11.1 Å². The Morgan fingerprint density at radius 2 is 1.87 bits per heavy atom. The molecule has 0 N–H and O–H groups in total. The molecule has 0 aliphatic carbocycles. The molecule has 0 amide bonds. The molecule has 0 saturated carbocycles. The standard InChI is InChI=1S/C15H9BrClF3O3/c1-22-14(21)13-7-10(17)2-3-12(13)8-4-9(16)6-11(5-8)23-15(18,19)20/h2-7H,1H3. The molecule has 0 fully saturated rings. The molecule has 122 valence electrons. The fraction of sp³-hybridized carbons (Fsp3) is 0.133. The van der Waals surface area contributed by atoms with E-state index in [9.17, 15) is 18.0 Å². The van der Waals surface area contributed by atoms with Gasteiger partial charge in [0.05, 0.1) is 12.7 Å². The summed E-state index contributed by atoms with van der Waals surface area (Å²) in [4.78, 5) is 11.9. The number of esters is 1. The van der Waals surface area contributed by atoms with Crippen LogP contribution < -0.4 is 4.74 Å². The summed E-state index contributed by atoms with van der Waals surface area (Å²) in [6, 6.07) is 8.33.